The van der Waals surface area contributed by atoms with Crippen molar-refractivity contribution in [3.63, 3.8) is 0 Å². The smallest absolute Gasteiger partial charge is 0.0768 e. The van der Waals surface area contributed by atoms with Gasteiger partial charge in [-0.05, 0) is 18.4 Å². The third-order valence-electron chi connectivity index (χ3n) is 3.29. The number of thiocarbonyl (C=S) groups is 1. The summed E-state index contributed by atoms with van der Waals surface area (Å²) in [5.74, 6) is 0.300. The van der Waals surface area contributed by atoms with Crippen LogP contribution in [-0.4, -0.2) is 22.5 Å². The molecule has 0 amide bonds. The number of benzene rings is 1. The molecule has 2 rings (SSSR count). The van der Waals surface area contributed by atoms with Crippen molar-refractivity contribution in [1.29, 1.82) is 0 Å². The average molecular weight is 248 g/mol. The fourth-order valence-electron chi connectivity index (χ4n) is 2.04. The number of hydrogen-bond donors (Lipinski definition) is 1. The van der Waals surface area contributed by atoms with Gasteiger partial charge in [0.15, 0.2) is 0 Å². The van der Waals surface area contributed by atoms with E-state index in [1.807, 2.05) is 0 Å². The van der Waals surface area contributed by atoms with E-state index in [9.17, 15) is 0 Å². The van der Waals surface area contributed by atoms with Crippen LogP contribution in [0, 0.1) is 5.92 Å². The molecule has 1 aliphatic rings. The highest BCUT2D eigenvalue weighted by atomic mass is 32.1. The second-order valence-corrected chi connectivity index (χ2v) is 5.42. The molecule has 1 fully saturated rings. The van der Waals surface area contributed by atoms with Crippen molar-refractivity contribution >= 4 is 17.2 Å². The Hall–Kier alpha value is -0.930. The minimum Gasteiger partial charge on any atom is -0.393 e. The van der Waals surface area contributed by atoms with Gasteiger partial charge in [-0.3, -0.25) is 4.90 Å². The minimum absolute atomic E-state index is 0.300. The van der Waals surface area contributed by atoms with Crippen LogP contribution in [0.1, 0.15) is 25.3 Å². The van der Waals surface area contributed by atoms with E-state index in [1.165, 1.54) is 18.4 Å². The first kappa shape index (κ1) is 12.5. The molecular weight excluding hydrogens is 228 g/mol. The van der Waals surface area contributed by atoms with Crippen molar-refractivity contribution < 1.29 is 0 Å². The van der Waals surface area contributed by atoms with Gasteiger partial charge in [-0.25, -0.2) is 0 Å². The monoisotopic (exact) mass is 248 g/mol. The lowest BCUT2D eigenvalue weighted by Crippen LogP contribution is -2.35. The van der Waals surface area contributed by atoms with E-state index < -0.39 is 0 Å². The zero-order valence-corrected chi connectivity index (χ0v) is 11.1. The molecule has 92 valence electrons. The van der Waals surface area contributed by atoms with Crippen molar-refractivity contribution in [3.05, 3.63) is 35.9 Å². The molecule has 0 radical (unpaired) electrons. The molecule has 0 saturated heterocycles. The summed E-state index contributed by atoms with van der Waals surface area (Å²) >= 11 is 5.06. The molecule has 2 N–H and O–H groups in total. The largest absolute Gasteiger partial charge is 0.393 e. The van der Waals surface area contributed by atoms with Crippen molar-refractivity contribution in [2.45, 2.75) is 32.4 Å². The van der Waals surface area contributed by atoms with Gasteiger partial charge in [0.25, 0.3) is 0 Å². The summed E-state index contributed by atoms with van der Waals surface area (Å²) in [6.45, 7) is 4.11. The van der Waals surface area contributed by atoms with Gasteiger partial charge >= 0.3 is 0 Å². The predicted octanol–water partition coefficient (Wildman–Crippen LogP) is 2.57. The standard InChI is InChI=1S/C14H20N2S/c1-11(14(15)17)9-16(13-7-8-13)10-12-5-3-2-4-6-12/h2-6,11,13H,7-10H2,1H3,(H2,15,17). The number of rotatable bonds is 6. The minimum atomic E-state index is 0.300. The number of nitrogens with two attached hydrogens (primary N) is 1. The van der Waals surface area contributed by atoms with Gasteiger partial charge in [0.05, 0.1) is 4.99 Å². The normalized spacial score (nSPS) is 17.1. The van der Waals surface area contributed by atoms with E-state index in [0.717, 1.165) is 19.1 Å². The molecule has 0 heterocycles. The van der Waals surface area contributed by atoms with E-state index in [0.29, 0.717) is 10.9 Å². The van der Waals surface area contributed by atoms with Gasteiger partial charge in [0, 0.05) is 25.0 Å². The van der Waals surface area contributed by atoms with Crippen molar-refractivity contribution in [2.24, 2.45) is 11.7 Å². The van der Waals surface area contributed by atoms with E-state index in [2.05, 4.69) is 42.2 Å². The summed E-state index contributed by atoms with van der Waals surface area (Å²) in [5, 5.41) is 0. The number of hydrogen-bond acceptors (Lipinski definition) is 2. The van der Waals surface area contributed by atoms with Crippen LogP contribution in [0.5, 0.6) is 0 Å². The van der Waals surface area contributed by atoms with Crippen LogP contribution in [0.25, 0.3) is 0 Å². The summed E-state index contributed by atoms with van der Waals surface area (Å²) in [7, 11) is 0. The SMILES string of the molecule is CC(CN(Cc1ccccc1)C1CC1)C(N)=S. The molecule has 17 heavy (non-hydrogen) atoms. The van der Waals surface area contributed by atoms with Crippen LogP contribution in [0.2, 0.25) is 0 Å². The van der Waals surface area contributed by atoms with Gasteiger partial charge in [-0.1, -0.05) is 49.5 Å². The van der Waals surface area contributed by atoms with Gasteiger partial charge in [-0.15, -0.1) is 0 Å². The quantitative estimate of drug-likeness (QED) is 0.785. The van der Waals surface area contributed by atoms with E-state index >= 15 is 0 Å². The average Bonchev–Trinajstić information content (AvgIpc) is 3.13. The van der Waals surface area contributed by atoms with Crippen molar-refractivity contribution in [2.75, 3.05) is 6.54 Å². The van der Waals surface area contributed by atoms with Gasteiger partial charge < -0.3 is 5.73 Å². The molecule has 2 nitrogen and oxygen atoms in total. The zero-order chi connectivity index (χ0) is 12.3. The lowest BCUT2D eigenvalue weighted by molar-refractivity contribution is 0.240. The molecular formula is C14H20N2S. The topological polar surface area (TPSA) is 29.3 Å². The lowest BCUT2D eigenvalue weighted by Gasteiger charge is -2.25. The van der Waals surface area contributed by atoms with E-state index in [4.69, 9.17) is 18.0 Å². The Kier molecular flexibility index (Phi) is 4.13. The molecule has 3 heteroatoms. The molecule has 1 aromatic carbocycles. The van der Waals surface area contributed by atoms with Gasteiger partial charge in [-0.2, -0.15) is 0 Å². The van der Waals surface area contributed by atoms with Crippen molar-refractivity contribution in [3.8, 4) is 0 Å². The Morgan fingerprint density at radius 2 is 2.06 bits per heavy atom. The molecule has 0 bridgehead atoms. The van der Waals surface area contributed by atoms with E-state index in [-0.39, 0.29) is 0 Å². The summed E-state index contributed by atoms with van der Waals surface area (Å²) in [6, 6.07) is 11.4. The third-order valence-corrected chi connectivity index (χ3v) is 3.69. The Morgan fingerprint density at radius 3 is 2.59 bits per heavy atom. The Labute approximate surface area is 109 Å². The molecule has 0 aliphatic heterocycles. The van der Waals surface area contributed by atoms with Crippen LogP contribution in [0.3, 0.4) is 0 Å². The first-order valence-corrected chi connectivity index (χ1v) is 6.65. The summed E-state index contributed by atoms with van der Waals surface area (Å²) in [4.78, 5) is 3.14. The van der Waals surface area contributed by atoms with Crippen molar-refractivity contribution in [1.82, 2.24) is 4.90 Å². The molecule has 0 aromatic heterocycles. The van der Waals surface area contributed by atoms with Gasteiger partial charge in [0.2, 0.25) is 0 Å². The van der Waals surface area contributed by atoms with Crippen LogP contribution in [0.4, 0.5) is 0 Å². The first-order chi connectivity index (χ1) is 8.16. The second-order valence-electron chi connectivity index (χ2n) is 4.95. The highest BCUT2D eigenvalue weighted by Gasteiger charge is 2.30. The highest BCUT2D eigenvalue weighted by Crippen LogP contribution is 2.29. The molecule has 0 spiro atoms. The maximum Gasteiger partial charge on any atom is 0.0768 e. The fourth-order valence-corrected chi connectivity index (χ4v) is 2.12. The third kappa shape index (κ3) is 3.79. The van der Waals surface area contributed by atoms with E-state index in [1.54, 1.807) is 0 Å². The second kappa shape index (κ2) is 5.61. The first-order valence-electron chi connectivity index (χ1n) is 6.24. The summed E-state index contributed by atoms with van der Waals surface area (Å²) < 4.78 is 0. The Morgan fingerprint density at radius 1 is 1.41 bits per heavy atom. The maximum absolute atomic E-state index is 5.70. The van der Waals surface area contributed by atoms with Crippen LogP contribution < -0.4 is 5.73 Å². The summed E-state index contributed by atoms with van der Waals surface area (Å²) in [6.07, 6.45) is 2.63. The summed E-state index contributed by atoms with van der Waals surface area (Å²) in [5.41, 5.74) is 7.07. The van der Waals surface area contributed by atoms with Gasteiger partial charge in [0.1, 0.15) is 0 Å². The Balaban J connectivity index is 1.96. The van der Waals surface area contributed by atoms with Crippen LogP contribution in [0.15, 0.2) is 30.3 Å². The van der Waals surface area contributed by atoms with Crippen LogP contribution >= 0.6 is 12.2 Å². The zero-order valence-electron chi connectivity index (χ0n) is 10.3. The molecule has 1 unspecified atom stereocenters. The molecule has 1 atom stereocenters. The maximum atomic E-state index is 5.70. The number of nitrogens with zero attached hydrogens (tertiary/aromatic N) is 1. The Bertz CT molecular complexity index is 373. The fraction of sp³-hybridized carbons (Fsp3) is 0.500. The molecule has 1 aromatic rings. The molecule has 1 saturated carbocycles. The van der Waals surface area contributed by atoms with Crippen LogP contribution in [-0.2, 0) is 6.54 Å². The predicted molar refractivity (Wildman–Crippen MR) is 75.8 cm³/mol. The highest BCUT2D eigenvalue weighted by molar-refractivity contribution is 7.80. The lowest BCUT2D eigenvalue weighted by atomic mass is 10.1. The molecule has 1 aliphatic carbocycles.